The van der Waals surface area contributed by atoms with Gasteiger partial charge in [0, 0.05) is 37.1 Å². The molecule has 0 aliphatic carbocycles. The number of thioether (sulfide) groups is 1. The van der Waals surface area contributed by atoms with Crippen LogP contribution >= 0.6 is 42.7 Å². The van der Waals surface area contributed by atoms with Crippen LogP contribution in [0.4, 0.5) is 0 Å². The number of hydrogen-bond acceptors (Lipinski definition) is 7. The first-order valence-electron chi connectivity index (χ1n) is 15.8. The Morgan fingerprint density at radius 2 is 1.55 bits per heavy atom. The van der Waals surface area contributed by atoms with Crippen molar-refractivity contribution in [3.8, 4) is 48.6 Å². The minimum Gasteiger partial charge on any atom is -0.496 e. The lowest BCUT2D eigenvalue weighted by Crippen LogP contribution is -2.01. The Hall–Kier alpha value is -2.14. The molecule has 3 heterocycles. The molecular formula is C35H45O5PS3. The minimum atomic E-state index is -3.03. The summed E-state index contributed by atoms with van der Waals surface area (Å²) >= 11 is 4.85. The number of unbranched alkanes of at least 4 members (excludes halogenated alkanes) is 9. The van der Waals surface area contributed by atoms with E-state index >= 15 is 0 Å². The standard InChI is InChI=1S/C35H45O5PS3/c1-4-6-8-10-11-12-13-14-16-26-17-18-31(42-26)27-25-30(39-23-15-9-7-5-2)28(24-29(27)38-3)32-19-20-33(43-32)34-21-22-35(44-34)40-41(36)37/h18-22,24-26,41H,4-13,15,17,23H2,1-3H3,(H,36,37). The molecule has 1 aliphatic rings. The maximum Gasteiger partial charge on any atom is 0.365 e. The number of thiophene rings is 2. The summed E-state index contributed by atoms with van der Waals surface area (Å²) in [5.74, 6) is 8.64. The molecule has 0 fully saturated rings. The van der Waals surface area contributed by atoms with E-state index in [2.05, 4.69) is 56.0 Å². The van der Waals surface area contributed by atoms with Crippen molar-refractivity contribution >= 4 is 47.6 Å². The quantitative estimate of drug-likeness (QED) is 0.0824. The average molecular weight is 673 g/mol. The third-order valence-electron chi connectivity index (χ3n) is 7.41. The Kier molecular flexibility index (Phi) is 14.8. The molecule has 5 nitrogen and oxygen atoms in total. The molecule has 2 atom stereocenters. The second-order valence-electron chi connectivity index (χ2n) is 10.9. The van der Waals surface area contributed by atoms with Gasteiger partial charge >= 0.3 is 8.25 Å². The highest BCUT2D eigenvalue weighted by molar-refractivity contribution is 8.09. The summed E-state index contributed by atoms with van der Waals surface area (Å²) in [5.41, 5.74) is 2.06. The van der Waals surface area contributed by atoms with Crippen molar-refractivity contribution in [2.75, 3.05) is 13.7 Å². The Morgan fingerprint density at radius 3 is 2.32 bits per heavy atom. The van der Waals surface area contributed by atoms with Crippen LogP contribution in [-0.2, 0) is 4.57 Å². The van der Waals surface area contributed by atoms with Crippen LogP contribution in [0.5, 0.6) is 16.6 Å². The molecule has 0 spiro atoms. The van der Waals surface area contributed by atoms with Crippen LogP contribution in [0.25, 0.3) is 25.1 Å². The fourth-order valence-electron chi connectivity index (χ4n) is 5.06. The maximum atomic E-state index is 11.1. The summed E-state index contributed by atoms with van der Waals surface area (Å²) in [6.07, 6.45) is 16.5. The van der Waals surface area contributed by atoms with Crippen LogP contribution in [0.1, 0.15) is 96.5 Å². The molecule has 0 bridgehead atoms. The lowest BCUT2D eigenvalue weighted by molar-refractivity contribution is 0.305. The van der Waals surface area contributed by atoms with Gasteiger partial charge in [0.25, 0.3) is 0 Å². The van der Waals surface area contributed by atoms with Crippen molar-refractivity contribution in [3.63, 3.8) is 0 Å². The van der Waals surface area contributed by atoms with Crippen LogP contribution < -0.4 is 14.0 Å². The first kappa shape index (κ1) is 34.7. The number of rotatable bonds is 18. The molecule has 2 unspecified atom stereocenters. The van der Waals surface area contributed by atoms with Gasteiger partial charge in [-0.3, -0.25) is 0 Å². The summed E-state index contributed by atoms with van der Waals surface area (Å²) in [6.45, 7) is 5.14. The topological polar surface area (TPSA) is 65.0 Å². The Bertz CT molecular complexity index is 1450. The van der Waals surface area contributed by atoms with E-state index in [0.717, 1.165) is 62.9 Å². The molecule has 1 aromatic carbocycles. The number of hydrogen-bond donors (Lipinski definition) is 1. The Balaban J connectivity index is 1.51. The van der Waals surface area contributed by atoms with E-state index in [4.69, 9.17) is 18.9 Å². The van der Waals surface area contributed by atoms with E-state index in [1.54, 1.807) is 24.5 Å². The van der Waals surface area contributed by atoms with Crippen LogP contribution in [0.3, 0.4) is 0 Å². The molecule has 44 heavy (non-hydrogen) atoms. The number of benzene rings is 1. The fraction of sp³-hybridized carbons (Fsp3) is 0.486. The predicted octanol–water partition coefficient (Wildman–Crippen LogP) is 11.5. The highest BCUT2D eigenvalue weighted by Crippen LogP contribution is 2.48. The molecule has 1 aliphatic heterocycles. The molecule has 0 amide bonds. The molecule has 238 valence electrons. The van der Waals surface area contributed by atoms with Crippen molar-refractivity contribution in [2.45, 2.75) is 96.1 Å². The predicted molar refractivity (Wildman–Crippen MR) is 191 cm³/mol. The second-order valence-corrected chi connectivity index (χ2v) is 15.0. The van der Waals surface area contributed by atoms with Gasteiger partial charge in [0.15, 0.2) is 5.06 Å². The van der Waals surface area contributed by atoms with Gasteiger partial charge in [-0.2, -0.15) is 0 Å². The second kappa shape index (κ2) is 18.7. The van der Waals surface area contributed by atoms with E-state index in [9.17, 15) is 4.57 Å². The van der Waals surface area contributed by atoms with E-state index in [1.165, 1.54) is 67.6 Å². The van der Waals surface area contributed by atoms with Crippen molar-refractivity contribution in [2.24, 2.45) is 0 Å². The SMILES string of the molecule is CCCCCCCCC#CC1CC=C(c2cc(OCCCCCC)c(-c3ccc(-c4ccc(O[PH](=O)O)s4)s3)cc2OC)S1. The summed E-state index contributed by atoms with van der Waals surface area (Å²) in [5, 5.41) is 0.716. The van der Waals surface area contributed by atoms with Crippen LogP contribution in [-0.4, -0.2) is 23.9 Å². The third kappa shape index (κ3) is 10.5. The largest absolute Gasteiger partial charge is 0.496 e. The highest BCUT2D eigenvalue weighted by Gasteiger charge is 2.23. The van der Waals surface area contributed by atoms with Crippen LogP contribution in [0.2, 0.25) is 0 Å². The van der Waals surface area contributed by atoms with Gasteiger partial charge in [-0.15, -0.1) is 29.0 Å². The third-order valence-corrected chi connectivity index (χ3v) is 11.5. The highest BCUT2D eigenvalue weighted by atomic mass is 32.2. The lowest BCUT2D eigenvalue weighted by atomic mass is 10.1. The average Bonchev–Trinajstić information content (AvgIpc) is 3.79. The lowest BCUT2D eigenvalue weighted by Gasteiger charge is -2.17. The molecule has 9 heteroatoms. The first-order valence-corrected chi connectivity index (χ1v) is 19.6. The summed E-state index contributed by atoms with van der Waals surface area (Å²) in [7, 11) is -1.30. The van der Waals surface area contributed by atoms with Gasteiger partial charge in [-0.25, -0.2) is 4.57 Å². The Labute approximate surface area is 276 Å². The van der Waals surface area contributed by atoms with E-state index in [1.807, 2.05) is 17.8 Å². The van der Waals surface area contributed by atoms with Gasteiger partial charge in [0.05, 0.1) is 19.0 Å². The monoisotopic (exact) mass is 672 g/mol. The van der Waals surface area contributed by atoms with Crippen LogP contribution in [0, 0.1) is 11.8 Å². The molecule has 4 rings (SSSR count). The minimum absolute atomic E-state index is 0.275. The van der Waals surface area contributed by atoms with Crippen LogP contribution in [0.15, 0.2) is 42.5 Å². The number of methoxy groups -OCH3 is 1. The van der Waals surface area contributed by atoms with Crippen molar-refractivity contribution < 1.29 is 23.5 Å². The maximum absolute atomic E-state index is 11.1. The smallest absolute Gasteiger partial charge is 0.365 e. The zero-order chi connectivity index (χ0) is 31.1. The van der Waals surface area contributed by atoms with E-state index < -0.39 is 8.25 Å². The molecular weight excluding hydrogens is 628 g/mol. The van der Waals surface area contributed by atoms with Gasteiger partial charge in [0.1, 0.15) is 11.5 Å². The molecule has 0 saturated carbocycles. The van der Waals surface area contributed by atoms with Crippen molar-refractivity contribution in [3.05, 3.63) is 48.0 Å². The van der Waals surface area contributed by atoms with Crippen molar-refractivity contribution in [1.82, 2.24) is 0 Å². The van der Waals surface area contributed by atoms with Gasteiger partial charge in [-0.05, 0) is 55.7 Å². The number of allylic oxidation sites excluding steroid dienone is 1. The molecule has 3 aromatic rings. The van der Waals surface area contributed by atoms with Gasteiger partial charge in [-0.1, -0.05) is 88.5 Å². The Morgan fingerprint density at radius 1 is 0.864 bits per heavy atom. The summed E-state index contributed by atoms with van der Waals surface area (Å²) in [4.78, 5) is 13.5. The zero-order valence-electron chi connectivity index (χ0n) is 26.1. The fourth-order valence-corrected chi connectivity index (χ4v) is 8.65. The molecule has 1 N–H and O–H groups in total. The molecule has 2 aromatic heterocycles. The summed E-state index contributed by atoms with van der Waals surface area (Å²) in [6, 6.07) is 12.1. The summed E-state index contributed by atoms with van der Waals surface area (Å²) < 4.78 is 28.6. The van der Waals surface area contributed by atoms with E-state index in [-0.39, 0.29) is 5.25 Å². The van der Waals surface area contributed by atoms with Crippen molar-refractivity contribution in [1.29, 1.82) is 0 Å². The normalized spacial score (nSPS) is 15.0. The first-order chi connectivity index (χ1) is 21.5. The van der Waals surface area contributed by atoms with E-state index in [0.29, 0.717) is 11.7 Å². The van der Waals surface area contributed by atoms with Gasteiger partial charge in [0.2, 0.25) is 0 Å². The molecule has 0 saturated heterocycles. The van der Waals surface area contributed by atoms with Gasteiger partial charge < -0.3 is 18.9 Å². The zero-order valence-corrected chi connectivity index (χ0v) is 29.6. The molecule has 0 radical (unpaired) electrons. The number of ether oxygens (including phenoxy) is 2.